The second-order valence-corrected chi connectivity index (χ2v) is 6.20. The lowest BCUT2D eigenvalue weighted by Gasteiger charge is -2.18. The number of hydrogen-bond acceptors (Lipinski definition) is 2. The molecule has 2 aromatic rings. The Morgan fingerprint density at radius 2 is 1.79 bits per heavy atom. The zero-order chi connectivity index (χ0) is 17.7. The standard InChI is InChI=1S/C17H15Cl3FNO2/c1-2-13(24-14-8-7-12(18)15(19)16(14)20)17(23)22-9-10-3-5-11(21)6-4-10/h3-8,13H,2,9H2,1H3,(H,22,23). The third kappa shape index (κ3) is 4.76. The number of amides is 1. The fourth-order valence-electron chi connectivity index (χ4n) is 1.98. The van der Waals surface area contributed by atoms with Crippen LogP contribution in [0.3, 0.4) is 0 Å². The minimum atomic E-state index is -0.736. The highest BCUT2D eigenvalue weighted by Gasteiger charge is 2.20. The molecule has 1 N–H and O–H groups in total. The molecule has 0 aliphatic rings. The van der Waals surface area contributed by atoms with Crippen LogP contribution in [0.15, 0.2) is 36.4 Å². The molecule has 1 unspecified atom stereocenters. The monoisotopic (exact) mass is 389 g/mol. The zero-order valence-electron chi connectivity index (χ0n) is 12.8. The van der Waals surface area contributed by atoms with Crippen LogP contribution in [0.2, 0.25) is 15.1 Å². The summed E-state index contributed by atoms with van der Waals surface area (Å²) in [4.78, 5) is 12.3. The number of carbonyl (C=O) groups excluding carboxylic acids is 1. The Balaban J connectivity index is 2.01. The highest BCUT2D eigenvalue weighted by molar-refractivity contribution is 6.48. The first kappa shape index (κ1) is 18.8. The molecule has 0 radical (unpaired) electrons. The van der Waals surface area contributed by atoms with Crippen LogP contribution in [0.25, 0.3) is 0 Å². The summed E-state index contributed by atoms with van der Waals surface area (Å²) in [5.41, 5.74) is 0.784. The molecule has 3 nitrogen and oxygen atoms in total. The van der Waals surface area contributed by atoms with Crippen LogP contribution in [0.5, 0.6) is 5.75 Å². The maximum atomic E-state index is 12.9. The first-order chi connectivity index (χ1) is 11.4. The largest absolute Gasteiger partial charge is 0.479 e. The maximum Gasteiger partial charge on any atom is 0.261 e. The van der Waals surface area contributed by atoms with Gasteiger partial charge in [0.05, 0.1) is 10.0 Å². The van der Waals surface area contributed by atoms with E-state index < -0.39 is 6.10 Å². The van der Waals surface area contributed by atoms with E-state index in [9.17, 15) is 9.18 Å². The molecule has 24 heavy (non-hydrogen) atoms. The summed E-state index contributed by atoms with van der Waals surface area (Å²) in [7, 11) is 0. The first-order valence-corrected chi connectivity index (χ1v) is 8.38. The van der Waals surface area contributed by atoms with E-state index in [1.165, 1.54) is 12.1 Å². The van der Waals surface area contributed by atoms with Gasteiger partial charge in [0.25, 0.3) is 5.91 Å². The number of rotatable bonds is 6. The quantitative estimate of drug-likeness (QED) is 0.683. The summed E-state index contributed by atoms with van der Waals surface area (Å²) >= 11 is 17.9. The average molecular weight is 391 g/mol. The van der Waals surface area contributed by atoms with Gasteiger partial charge in [0, 0.05) is 6.54 Å². The lowest BCUT2D eigenvalue weighted by molar-refractivity contribution is -0.128. The molecule has 0 spiro atoms. The predicted molar refractivity (Wildman–Crippen MR) is 94.4 cm³/mol. The van der Waals surface area contributed by atoms with Gasteiger partial charge < -0.3 is 10.1 Å². The number of benzene rings is 2. The Morgan fingerprint density at radius 3 is 2.42 bits per heavy atom. The van der Waals surface area contributed by atoms with Gasteiger partial charge in [-0.15, -0.1) is 0 Å². The summed E-state index contributed by atoms with van der Waals surface area (Å²) < 4.78 is 18.5. The van der Waals surface area contributed by atoms with Crippen molar-refractivity contribution in [3.8, 4) is 5.75 Å². The lowest BCUT2D eigenvalue weighted by Crippen LogP contribution is -2.37. The number of hydrogen-bond donors (Lipinski definition) is 1. The van der Waals surface area contributed by atoms with Crippen LogP contribution in [-0.4, -0.2) is 12.0 Å². The van der Waals surface area contributed by atoms with Gasteiger partial charge in [-0.3, -0.25) is 4.79 Å². The maximum absolute atomic E-state index is 12.9. The molecule has 0 bridgehead atoms. The number of ether oxygens (including phenoxy) is 1. The van der Waals surface area contributed by atoms with Gasteiger partial charge in [0.15, 0.2) is 6.10 Å². The minimum absolute atomic E-state index is 0.161. The molecule has 1 amide bonds. The number of halogens is 4. The zero-order valence-corrected chi connectivity index (χ0v) is 15.1. The summed E-state index contributed by atoms with van der Waals surface area (Å²) in [5, 5.41) is 3.39. The fourth-order valence-corrected chi connectivity index (χ4v) is 2.55. The summed E-state index contributed by atoms with van der Waals surface area (Å²) in [5.74, 6) is -0.340. The highest BCUT2D eigenvalue weighted by Crippen LogP contribution is 2.37. The Kier molecular flexibility index (Phi) is 6.72. The van der Waals surface area contributed by atoms with E-state index in [1.54, 1.807) is 24.3 Å². The number of nitrogens with one attached hydrogen (secondary N) is 1. The molecule has 0 heterocycles. The third-order valence-corrected chi connectivity index (χ3v) is 4.59. The van der Waals surface area contributed by atoms with Crippen LogP contribution < -0.4 is 10.1 Å². The van der Waals surface area contributed by atoms with Crippen LogP contribution in [0.1, 0.15) is 18.9 Å². The van der Waals surface area contributed by atoms with Gasteiger partial charge in [-0.1, -0.05) is 53.9 Å². The topological polar surface area (TPSA) is 38.3 Å². The van der Waals surface area contributed by atoms with Crippen LogP contribution in [0.4, 0.5) is 4.39 Å². The van der Waals surface area contributed by atoms with E-state index in [-0.39, 0.29) is 34.1 Å². The van der Waals surface area contributed by atoms with E-state index >= 15 is 0 Å². The van der Waals surface area contributed by atoms with E-state index in [0.717, 1.165) is 5.56 Å². The van der Waals surface area contributed by atoms with Crippen LogP contribution in [0, 0.1) is 5.82 Å². The van der Waals surface area contributed by atoms with Gasteiger partial charge in [0.1, 0.15) is 16.6 Å². The van der Waals surface area contributed by atoms with Crippen LogP contribution >= 0.6 is 34.8 Å². The Bertz CT molecular complexity index is 723. The normalized spacial score (nSPS) is 11.9. The second kappa shape index (κ2) is 8.56. The van der Waals surface area contributed by atoms with Crippen molar-refractivity contribution >= 4 is 40.7 Å². The van der Waals surface area contributed by atoms with Gasteiger partial charge in [-0.25, -0.2) is 4.39 Å². The molecule has 1 atom stereocenters. The van der Waals surface area contributed by atoms with E-state index in [1.807, 2.05) is 6.92 Å². The molecule has 2 rings (SSSR count). The van der Waals surface area contributed by atoms with Gasteiger partial charge in [-0.05, 0) is 36.2 Å². The summed E-state index contributed by atoms with van der Waals surface area (Å²) in [6, 6.07) is 9.00. The van der Waals surface area contributed by atoms with E-state index in [2.05, 4.69) is 5.32 Å². The van der Waals surface area contributed by atoms with Crippen molar-refractivity contribution in [2.24, 2.45) is 0 Å². The molecule has 0 fully saturated rings. The summed E-state index contributed by atoms with van der Waals surface area (Å²) in [6.45, 7) is 2.08. The van der Waals surface area contributed by atoms with E-state index in [4.69, 9.17) is 39.5 Å². The molecule has 0 aliphatic carbocycles. The molecule has 0 aromatic heterocycles. The molecule has 7 heteroatoms. The smallest absolute Gasteiger partial charge is 0.261 e. The molecule has 128 valence electrons. The fraction of sp³-hybridized carbons (Fsp3) is 0.235. The molecule has 0 aliphatic heterocycles. The lowest BCUT2D eigenvalue weighted by atomic mass is 10.2. The second-order valence-electron chi connectivity index (χ2n) is 5.03. The Morgan fingerprint density at radius 1 is 1.12 bits per heavy atom. The van der Waals surface area contributed by atoms with Crippen molar-refractivity contribution in [3.05, 3.63) is 62.8 Å². The SMILES string of the molecule is CCC(Oc1ccc(Cl)c(Cl)c1Cl)C(=O)NCc1ccc(F)cc1. The van der Waals surface area contributed by atoms with Crippen molar-refractivity contribution in [1.29, 1.82) is 0 Å². The first-order valence-electron chi connectivity index (χ1n) is 7.24. The molecule has 0 saturated carbocycles. The molecular formula is C17H15Cl3FNO2. The van der Waals surface area contributed by atoms with Crippen molar-refractivity contribution in [3.63, 3.8) is 0 Å². The average Bonchev–Trinajstić information content (AvgIpc) is 2.58. The van der Waals surface area contributed by atoms with Gasteiger partial charge >= 0.3 is 0 Å². The molecule has 0 saturated heterocycles. The van der Waals surface area contributed by atoms with Crippen LogP contribution in [-0.2, 0) is 11.3 Å². The number of carbonyl (C=O) groups is 1. The van der Waals surface area contributed by atoms with E-state index in [0.29, 0.717) is 11.4 Å². The Hall–Kier alpha value is -1.49. The predicted octanol–water partition coefficient (Wildman–Crippen LogP) is 5.26. The molecular weight excluding hydrogens is 376 g/mol. The van der Waals surface area contributed by atoms with Crippen molar-refractivity contribution in [1.82, 2.24) is 5.32 Å². The van der Waals surface area contributed by atoms with Crippen molar-refractivity contribution in [2.75, 3.05) is 0 Å². The third-order valence-electron chi connectivity index (χ3n) is 3.31. The van der Waals surface area contributed by atoms with Gasteiger partial charge in [0.2, 0.25) is 0 Å². The minimum Gasteiger partial charge on any atom is -0.479 e. The van der Waals surface area contributed by atoms with Crippen molar-refractivity contribution < 1.29 is 13.9 Å². The Labute approximate surface area is 154 Å². The van der Waals surface area contributed by atoms with Crippen molar-refractivity contribution in [2.45, 2.75) is 26.0 Å². The van der Waals surface area contributed by atoms with Gasteiger partial charge in [-0.2, -0.15) is 0 Å². The summed E-state index contributed by atoms with van der Waals surface area (Å²) in [6.07, 6.45) is -0.300. The molecule has 2 aromatic carbocycles. The highest BCUT2D eigenvalue weighted by atomic mass is 35.5.